The van der Waals surface area contributed by atoms with Crippen LogP contribution in [0.25, 0.3) is 11.5 Å². The standard InChI is InChI=1S/C22H21N3O3/c23-13-20-22(24-14-19-7-4-12-26-19)28-21(25-20)17-8-10-18(11-9-17)27-15-16-5-2-1-3-6-16/h1-3,5-6,8-11,19,24H,4,7,12,14-15H2. The molecule has 28 heavy (non-hydrogen) atoms. The fourth-order valence-corrected chi connectivity index (χ4v) is 3.09. The van der Waals surface area contributed by atoms with E-state index in [1.54, 1.807) is 0 Å². The van der Waals surface area contributed by atoms with Crippen molar-refractivity contribution in [3.8, 4) is 23.3 Å². The Labute approximate surface area is 163 Å². The molecule has 0 spiro atoms. The van der Waals surface area contributed by atoms with E-state index in [0.717, 1.165) is 36.3 Å². The fraction of sp³-hybridized carbons (Fsp3) is 0.273. The van der Waals surface area contributed by atoms with E-state index < -0.39 is 0 Å². The monoisotopic (exact) mass is 375 g/mol. The zero-order valence-corrected chi connectivity index (χ0v) is 15.4. The van der Waals surface area contributed by atoms with Crippen molar-refractivity contribution in [2.45, 2.75) is 25.6 Å². The molecular formula is C22H21N3O3. The summed E-state index contributed by atoms with van der Waals surface area (Å²) >= 11 is 0. The minimum absolute atomic E-state index is 0.154. The van der Waals surface area contributed by atoms with Gasteiger partial charge in [0.05, 0.1) is 6.10 Å². The van der Waals surface area contributed by atoms with Gasteiger partial charge in [-0.3, -0.25) is 0 Å². The maximum Gasteiger partial charge on any atom is 0.232 e. The number of hydrogen-bond acceptors (Lipinski definition) is 6. The molecule has 1 atom stereocenters. The van der Waals surface area contributed by atoms with Crippen molar-refractivity contribution in [1.82, 2.24) is 4.98 Å². The summed E-state index contributed by atoms with van der Waals surface area (Å²) in [5.41, 5.74) is 2.14. The Kier molecular flexibility index (Phi) is 5.55. The fourth-order valence-electron chi connectivity index (χ4n) is 3.09. The molecule has 1 aliphatic rings. The Balaban J connectivity index is 1.41. The summed E-state index contributed by atoms with van der Waals surface area (Å²) in [5.74, 6) is 1.55. The molecule has 1 aliphatic heterocycles. The first-order chi connectivity index (χ1) is 13.8. The normalized spacial score (nSPS) is 15.9. The number of ether oxygens (including phenoxy) is 2. The van der Waals surface area contributed by atoms with Crippen molar-refractivity contribution in [2.24, 2.45) is 0 Å². The SMILES string of the molecule is N#Cc1nc(-c2ccc(OCc3ccccc3)cc2)oc1NCC1CCCO1. The van der Waals surface area contributed by atoms with Gasteiger partial charge in [-0.25, -0.2) is 0 Å². The lowest BCUT2D eigenvalue weighted by atomic mass is 10.2. The quantitative estimate of drug-likeness (QED) is 0.660. The molecule has 1 unspecified atom stereocenters. The van der Waals surface area contributed by atoms with Gasteiger partial charge >= 0.3 is 0 Å². The first-order valence-electron chi connectivity index (χ1n) is 9.35. The molecule has 1 aromatic heterocycles. The molecule has 3 aromatic rings. The highest BCUT2D eigenvalue weighted by molar-refractivity contribution is 5.59. The van der Waals surface area contributed by atoms with Crippen LogP contribution in [-0.2, 0) is 11.3 Å². The van der Waals surface area contributed by atoms with Crippen LogP contribution in [0.1, 0.15) is 24.1 Å². The molecule has 1 N–H and O–H groups in total. The summed E-state index contributed by atoms with van der Waals surface area (Å²) in [6.07, 6.45) is 2.24. The van der Waals surface area contributed by atoms with Crippen LogP contribution in [0.2, 0.25) is 0 Å². The van der Waals surface area contributed by atoms with E-state index in [9.17, 15) is 5.26 Å². The summed E-state index contributed by atoms with van der Waals surface area (Å²) in [7, 11) is 0. The van der Waals surface area contributed by atoms with Gasteiger partial charge in [0.15, 0.2) is 0 Å². The van der Waals surface area contributed by atoms with E-state index in [-0.39, 0.29) is 11.8 Å². The number of rotatable bonds is 7. The molecule has 4 rings (SSSR count). The minimum atomic E-state index is 0.154. The van der Waals surface area contributed by atoms with Gasteiger partial charge in [-0.1, -0.05) is 30.3 Å². The van der Waals surface area contributed by atoms with Crippen molar-refractivity contribution >= 4 is 5.88 Å². The van der Waals surface area contributed by atoms with Gasteiger partial charge in [-0.05, 0) is 42.7 Å². The number of nitrogens with one attached hydrogen (secondary N) is 1. The second kappa shape index (κ2) is 8.59. The predicted octanol–water partition coefficient (Wildman–Crippen LogP) is 4.38. The van der Waals surface area contributed by atoms with E-state index in [0.29, 0.717) is 24.9 Å². The Morgan fingerprint density at radius 2 is 1.96 bits per heavy atom. The third-order valence-corrected chi connectivity index (χ3v) is 4.60. The molecule has 0 bridgehead atoms. The van der Waals surface area contributed by atoms with Crippen LogP contribution in [0.5, 0.6) is 5.75 Å². The zero-order valence-electron chi connectivity index (χ0n) is 15.4. The smallest absolute Gasteiger partial charge is 0.232 e. The molecule has 2 aromatic carbocycles. The lowest BCUT2D eigenvalue weighted by Gasteiger charge is -2.09. The van der Waals surface area contributed by atoms with E-state index >= 15 is 0 Å². The second-order valence-electron chi connectivity index (χ2n) is 6.62. The summed E-state index contributed by atoms with van der Waals surface area (Å²) in [6, 6.07) is 19.6. The Morgan fingerprint density at radius 1 is 1.14 bits per heavy atom. The van der Waals surface area contributed by atoms with Crippen LogP contribution >= 0.6 is 0 Å². The third-order valence-electron chi connectivity index (χ3n) is 4.60. The third kappa shape index (κ3) is 4.33. The first kappa shape index (κ1) is 18.1. The van der Waals surface area contributed by atoms with Crippen LogP contribution in [0.15, 0.2) is 59.0 Å². The molecule has 6 heteroatoms. The average Bonchev–Trinajstić information content (AvgIpc) is 3.41. The summed E-state index contributed by atoms with van der Waals surface area (Å²) in [5, 5.41) is 12.5. The Bertz CT molecular complexity index is 939. The molecule has 0 radical (unpaired) electrons. The highest BCUT2D eigenvalue weighted by atomic mass is 16.5. The second-order valence-corrected chi connectivity index (χ2v) is 6.62. The van der Waals surface area contributed by atoms with Crippen molar-refractivity contribution in [1.29, 1.82) is 5.26 Å². The van der Waals surface area contributed by atoms with E-state index in [4.69, 9.17) is 13.9 Å². The van der Waals surface area contributed by atoms with Crippen LogP contribution in [0.4, 0.5) is 5.88 Å². The highest BCUT2D eigenvalue weighted by Gasteiger charge is 2.19. The van der Waals surface area contributed by atoms with Gasteiger partial charge in [0.2, 0.25) is 17.5 Å². The molecule has 0 saturated carbocycles. The molecule has 0 aliphatic carbocycles. The number of nitrogens with zero attached hydrogens (tertiary/aromatic N) is 2. The zero-order chi connectivity index (χ0) is 19.2. The minimum Gasteiger partial charge on any atom is -0.489 e. The number of anilines is 1. The van der Waals surface area contributed by atoms with Gasteiger partial charge in [0.1, 0.15) is 18.4 Å². The van der Waals surface area contributed by atoms with Gasteiger partial charge in [-0.2, -0.15) is 10.2 Å². The van der Waals surface area contributed by atoms with Gasteiger partial charge < -0.3 is 19.2 Å². The first-order valence-corrected chi connectivity index (χ1v) is 9.35. The van der Waals surface area contributed by atoms with Crippen molar-refractivity contribution in [3.63, 3.8) is 0 Å². The lowest BCUT2D eigenvalue weighted by Crippen LogP contribution is -2.18. The van der Waals surface area contributed by atoms with E-state index in [2.05, 4.69) is 16.4 Å². The van der Waals surface area contributed by atoms with Crippen molar-refractivity contribution < 1.29 is 13.9 Å². The van der Waals surface area contributed by atoms with Crippen LogP contribution in [0, 0.1) is 11.3 Å². The molecule has 6 nitrogen and oxygen atoms in total. The number of hydrogen-bond donors (Lipinski definition) is 1. The molecule has 2 heterocycles. The van der Waals surface area contributed by atoms with Crippen molar-refractivity contribution in [2.75, 3.05) is 18.5 Å². The topological polar surface area (TPSA) is 80.3 Å². The molecule has 142 valence electrons. The van der Waals surface area contributed by atoms with Gasteiger partial charge in [-0.15, -0.1) is 0 Å². The van der Waals surface area contributed by atoms with Gasteiger partial charge in [0, 0.05) is 18.7 Å². The number of aromatic nitrogens is 1. The molecule has 0 amide bonds. The number of benzene rings is 2. The Hall–Kier alpha value is -3.30. The predicted molar refractivity (Wildman–Crippen MR) is 105 cm³/mol. The highest BCUT2D eigenvalue weighted by Crippen LogP contribution is 2.27. The van der Waals surface area contributed by atoms with Crippen LogP contribution in [0.3, 0.4) is 0 Å². The average molecular weight is 375 g/mol. The Morgan fingerprint density at radius 3 is 2.68 bits per heavy atom. The largest absolute Gasteiger partial charge is 0.489 e. The van der Waals surface area contributed by atoms with Crippen LogP contribution in [-0.4, -0.2) is 24.2 Å². The van der Waals surface area contributed by atoms with E-state index in [1.165, 1.54) is 0 Å². The van der Waals surface area contributed by atoms with Crippen LogP contribution < -0.4 is 10.1 Å². The lowest BCUT2D eigenvalue weighted by molar-refractivity contribution is 0.120. The maximum absolute atomic E-state index is 9.33. The summed E-state index contributed by atoms with van der Waals surface area (Å²) < 4.78 is 17.2. The van der Waals surface area contributed by atoms with E-state index in [1.807, 2.05) is 54.6 Å². The van der Waals surface area contributed by atoms with Crippen molar-refractivity contribution in [3.05, 3.63) is 65.9 Å². The molecular weight excluding hydrogens is 354 g/mol. The van der Waals surface area contributed by atoms with Gasteiger partial charge in [0.25, 0.3) is 0 Å². The summed E-state index contributed by atoms with van der Waals surface area (Å²) in [4.78, 5) is 4.30. The molecule has 1 fully saturated rings. The number of nitriles is 1. The summed E-state index contributed by atoms with van der Waals surface area (Å²) in [6.45, 7) is 1.91. The maximum atomic E-state index is 9.33. The molecule has 1 saturated heterocycles. The number of oxazole rings is 1.